The van der Waals surface area contributed by atoms with E-state index in [0.717, 1.165) is 0 Å². The Morgan fingerprint density at radius 3 is 2.38 bits per heavy atom. The third kappa shape index (κ3) is 3.51. The van der Waals surface area contributed by atoms with Gasteiger partial charge in [0.25, 0.3) is 0 Å². The summed E-state index contributed by atoms with van der Waals surface area (Å²) in [6, 6.07) is 6.89. The number of ketones is 1. The molecule has 126 valence electrons. The molecule has 24 heavy (non-hydrogen) atoms. The molecule has 0 aliphatic carbocycles. The molecule has 6 heteroatoms. The number of carbonyl (C=O) groups excluding carboxylic acids is 2. The Morgan fingerprint density at radius 1 is 1.08 bits per heavy atom. The maximum atomic E-state index is 12.6. The Balaban J connectivity index is 2.45. The van der Waals surface area contributed by atoms with Gasteiger partial charge >= 0.3 is 5.97 Å². The molecule has 0 amide bonds. The minimum atomic E-state index is -0.733. The number of ether oxygens (including phenoxy) is 1. The summed E-state index contributed by atoms with van der Waals surface area (Å²) in [5, 5.41) is 20.0. The van der Waals surface area contributed by atoms with E-state index in [1.165, 1.54) is 24.3 Å². The lowest BCUT2D eigenvalue weighted by molar-refractivity contribution is 0.0374. The fourth-order valence-electron chi connectivity index (χ4n) is 2.12. The molecule has 2 rings (SSSR count). The number of phenols is 2. The fraction of sp³-hybridized carbons (Fsp3) is 0.222. The first-order valence-corrected chi connectivity index (χ1v) is 7.67. The van der Waals surface area contributed by atoms with Crippen LogP contribution in [0.4, 0.5) is 0 Å². The molecule has 0 aliphatic rings. The topological polar surface area (TPSA) is 83.8 Å². The van der Waals surface area contributed by atoms with Crippen molar-refractivity contribution >= 4 is 23.4 Å². The molecule has 0 bridgehead atoms. The smallest absolute Gasteiger partial charge is 0.342 e. The molecular formula is C18H17ClO5. The third-order valence-corrected chi connectivity index (χ3v) is 3.85. The highest BCUT2D eigenvalue weighted by Crippen LogP contribution is 2.32. The normalized spacial score (nSPS) is 10.7. The molecule has 0 unspecified atom stereocenters. The number of aromatic hydroxyl groups is 2. The SMILES string of the molecule is Cc1ccc(C(=O)c2ccc(O)c(C(=O)OC(C)C)c2)c(O)c1Cl. The van der Waals surface area contributed by atoms with Crippen LogP contribution in [0.15, 0.2) is 30.3 Å². The zero-order valence-corrected chi connectivity index (χ0v) is 14.2. The summed E-state index contributed by atoms with van der Waals surface area (Å²) in [4.78, 5) is 24.6. The molecule has 0 fully saturated rings. The molecule has 0 saturated carbocycles. The van der Waals surface area contributed by atoms with Crippen molar-refractivity contribution in [3.63, 3.8) is 0 Å². The Bertz CT molecular complexity index is 811. The number of carbonyl (C=O) groups is 2. The number of hydrogen-bond acceptors (Lipinski definition) is 5. The summed E-state index contributed by atoms with van der Waals surface area (Å²) < 4.78 is 5.04. The molecule has 2 N–H and O–H groups in total. The molecular weight excluding hydrogens is 332 g/mol. The van der Waals surface area contributed by atoms with Crippen molar-refractivity contribution in [3.05, 3.63) is 57.6 Å². The highest BCUT2D eigenvalue weighted by atomic mass is 35.5. The second-order valence-corrected chi connectivity index (χ2v) is 5.99. The number of halogens is 1. The highest BCUT2D eigenvalue weighted by Gasteiger charge is 2.21. The van der Waals surface area contributed by atoms with E-state index >= 15 is 0 Å². The van der Waals surface area contributed by atoms with Crippen molar-refractivity contribution in [2.24, 2.45) is 0 Å². The van der Waals surface area contributed by atoms with Gasteiger partial charge < -0.3 is 14.9 Å². The van der Waals surface area contributed by atoms with E-state index in [0.29, 0.717) is 5.56 Å². The Morgan fingerprint density at radius 2 is 1.75 bits per heavy atom. The van der Waals surface area contributed by atoms with Crippen molar-refractivity contribution < 1.29 is 24.5 Å². The summed E-state index contributed by atoms with van der Waals surface area (Å²) in [6.07, 6.45) is -0.365. The number of esters is 1. The van der Waals surface area contributed by atoms with Crippen LogP contribution >= 0.6 is 11.6 Å². The summed E-state index contributed by atoms with van der Waals surface area (Å²) in [6.45, 7) is 5.06. The van der Waals surface area contributed by atoms with Gasteiger partial charge in [0.2, 0.25) is 0 Å². The van der Waals surface area contributed by atoms with E-state index in [-0.39, 0.29) is 39.3 Å². The molecule has 0 aromatic heterocycles. The highest BCUT2D eigenvalue weighted by molar-refractivity contribution is 6.33. The molecule has 0 spiro atoms. The van der Waals surface area contributed by atoms with Crippen LogP contribution in [0.2, 0.25) is 5.02 Å². The van der Waals surface area contributed by atoms with Crippen LogP contribution in [0.5, 0.6) is 11.5 Å². The number of benzene rings is 2. The Kier molecular flexibility index (Phi) is 5.14. The van der Waals surface area contributed by atoms with Gasteiger partial charge in [0.15, 0.2) is 5.78 Å². The summed E-state index contributed by atoms with van der Waals surface area (Å²) in [5.41, 5.74) is 0.656. The van der Waals surface area contributed by atoms with Crippen LogP contribution in [0.3, 0.4) is 0 Å². The largest absolute Gasteiger partial charge is 0.507 e. The maximum Gasteiger partial charge on any atom is 0.342 e. The average Bonchev–Trinajstić information content (AvgIpc) is 2.52. The summed E-state index contributed by atoms with van der Waals surface area (Å²) in [5.74, 6) is -1.86. The zero-order chi connectivity index (χ0) is 18.0. The lowest BCUT2D eigenvalue weighted by Gasteiger charge is -2.11. The minimum absolute atomic E-state index is 0.0134. The van der Waals surface area contributed by atoms with Crippen molar-refractivity contribution in [3.8, 4) is 11.5 Å². The first-order valence-electron chi connectivity index (χ1n) is 7.29. The Labute approximate surface area is 144 Å². The van der Waals surface area contributed by atoms with Gasteiger partial charge in [-0.15, -0.1) is 0 Å². The van der Waals surface area contributed by atoms with Crippen LogP contribution in [-0.4, -0.2) is 28.1 Å². The predicted octanol–water partition coefficient (Wildman–Crippen LogP) is 3.86. The van der Waals surface area contributed by atoms with E-state index in [2.05, 4.69) is 0 Å². The van der Waals surface area contributed by atoms with Crippen molar-refractivity contribution in [1.82, 2.24) is 0 Å². The van der Waals surface area contributed by atoms with Crippen LogP contribution < -0.4 is 0 Å². The van der Waals surface area contributed by atoms with E-state index in [9.17, 15) is 19.8 Å². The van der Waals surface area contributed by atoms with Gasteiger partial charge in [-0.2, -0.15) is 0 Å². The third-order valence-electron chi connectivity index (χ3n) is 3.38. The number of phenolic OH excluding ortho intramolecular Hbond substituents is 2. The second-order valence-electron chi connectivity index (χ2n) is 5.61. The van der Waals surface area contributed by atoms with Gasteiger partial charge in [0.1, 0.15) is 17.1 Å². The van der Waals surface area contributed by atoms with Gasteiger partial charge in [-0.25, -0.2) is 4.79 Å². The van der Waals surface area contributed by atoms with Crippen LogP contribution in [0.1, 0.15) is 45.7 Å². The molecule has 2 aromatic rings. The average molecular weight is 349 g/mol. The lowest BCUT2D eigenvalue weighted by Crippen LogP contribution is -2.13. The van der Waals surface area contributed by atoms with Gasteiger partial charge in [0.05, 0.1) is 16.7 Å². The van der Waals surface area contributed by atoms with E-state index in [1.54, 1.807) is 26.8 Å². The van der Waals surface area contributed by atoms with Crippen molar-refractivity contribution in [2.75, 3.05) is 0 Å². The zero-order valence-electron chi connectivity index (χ0n) is 13.5. The van der Waals surface area contributed by atoms with E-state index in [1.807, 2.05) is 0 Å². The Hall–Kier alpha value is -2.53. The predicted molar refractivity (Wildman–Crippen MR) is 89.9 cm³/mol. The second kappa shape index (κ2) is 6.93. The standard InChI is InChI=1S/C18H17ClO5/c1-9(2)24-18(23)13-8-11(5-7-14(13)20)16(21)12-6-4-10(3)15(19)17(12)22/h4-9,20,22H,1-3H3. The molecule has 2 aromatic carbocycles. The summed E-state index contributed by atoms with van der Waals surface area (Å²) in [7, 11) is 0. The molecule has 0 atom stereocenters. The fourth-order valence-corrected chi connectivity index (χ4v) is 2.29. The lowest BCUT2D eigenvalue weighted by atomic mass is 9.99. The quantitative estimate of drug-likeness (QED) is 0.647. The van der Waals surface area contributed by atoms with Gasteiger partial charge in [-0.3, -0.25) is 4.79 Å². The maximum absolute atomic E-state index is 12.6. The van der Waals surface area contributed by atoms with Crippen molar-refractivity contribution in [2.45, 2.75) is 26.9 Å². The van der Waals surface area contributed by atoms with Crippen LogP contribution in [0.25, 0.3) is 0 Å². The van der Waals surface area contributed by atoms with E-state index in [4.69, 9.17) is 16.3 Å². The van der Waals surface area contributed by atoms with E-state index < -0.39 is 11.8 Å². The molecule has 0 aliphatic heterocycles. The van der Waals surface area contributed by atoms with Gasteiger partial charge in [0, 0.05) is 5.56 Å². The first kappa shape index (κ1) is 17.8. The first-order chi connectivity index (χ1) is 11.2. The summed E-state index contributed by atoms with van der Waals surface area (Å²) >= 11 is 5.96. The van der Waals surface area contributed by atoms with Crippen LogP contribution in [-0.2, 0) is 4.74 Å². The number of hydrogen-bond donors (Lipinski definition) is 2. The number of rotatable bonds is 4. The van der Waals surface area contributed by atoms with Crippen LogP contribution in [0, 0.1) is 6.92 Å². The monoisotopic (exact) mass is 348 g/mol. The van der Waals surface area contributed by atoms with Gasteiger partial charge in [-0.1, -0.05) is 17.7 Å². The molecule has 5 nitrogen and oxygen atoms in total. The van der Waals surface area contributed by atoms with Gasteiger partial charge in [-0.05, 0) is 50.6 Å². The molecule has 0 heterocycles. The molecule has 0 radical (unpaired) electrons. The number of aryl methyl sites for hydroxylation is 1. The van der Waals surface area contributed by atoms with Crippen molar-refractivity contribution in [1.29, 1.82) is 0 Å². The molecule has 0 saturated heterocycles. The minimum Gasteiger partial charge on any atom is -0.507 e.